The quantitative estimate of drug-likeness (QED) is 0.624. The van der Waals surface area contributed by atoms with Gasteiger partial charge in [0.05, 0.1) is 23.6 Å². The number of ether oxygens (including phenoxy) is 1. The van der Waals surface area contributed by atoms with Crippen molar-refractivity contribution in [3.05, 3.63) is 58.9 Å². The number of aliphatic hydroxyl groups excluding tert-OH is 1. The minimum Gasteiger partial charge on any atom is -0.390 e. The first-order valence-corrected chi connectivity index (χ1v) is 8.66. The van der Waals surface area contributed by atoms with Crippen LogP contribution in [0.1, 0.15) is 22.5 Å². The molecule has 1 aromatic carbocycles. The van der Waals surface area contributed by atoms with E-state index < -0.39 is 0 Å². The number of carbonyl (C=O) groups is 1. The highest BCUT2D eigenvalue weighted by atomic mass is 35.5. The smallest absolute Gasteiger partial charge is 0.252 e. The molecule has 0 aliphatic heterocycles. The number of pyridine rings is 1. The molecule has 0 atom stereocenters. The van der Waals surface area contributed by atoms with Crippen molar-refractivity contribution < 1.29 is 14.6 Å². The predicted octanol–water partition coefficient (Wildman–Crippen LogP) is 2.91. The van der Waals surface area contributed by atoms with Crippen molar-refractivity contribution in [3.63, 3.8) is 0 Å². The lowest BCUT2D eigenvalue weighted by Gasteiger charge is -2.06. The van der Waals surface area contributed by atoms with Crippen LogP contribution in [0.25, 0.3) is 16.9 Å². The summed E-state index contributed by atoms with van der Waals surface area (Å²) < 4.78 is 6.71. The highest BCUT2D eigenvalue weighted by Gasteiger charge is 2.15. The maximum absolute atomic E-state index is 12.3. The number of hydrogen-bond donors (Lipinski definition) is 2. The normalized spacial score (nSPS) is 11.0. The molecule has 136 valence electrons. The number of amides is 1. The van der Waals surface area contributed by atoms with E-state index in [1.54, 1.807) is 42.0 Å². The Morgan fingerprint density at radius 2 is 2.04 bits per heavy atom. The first-order valence-electron chi connectivity index (χ1n) is 8.29. The van der Waals surface area contributed by atoms with Gasteiger partial charge in [0.25, 0.3) is 5.91 Å². The number of benzene rings is 1. The molecule has 0 aliphatic carbocycles. The molecular formula is C19H20ClN3O3. The molecule has 7 heteroatoms. The SMILES string of the molecule is COCCCNC(=O)c1ccc2nc(-c3ccc(Cl)cc3)c(CO)n2c1. The number of aliphatic hydroxyl groups is 1. The van der Waals surface area contributed by atoms with Crippen LogP contribution in [0, 0.1) is 0 Å². The van der Waals surface area contributed by atoms with Gasteiger partial charge in [-0.05, 0) is 30.7 Å². The Kier molecular flexibility index (Phi) is 5.88. The number of nitrogens with one attached hydrogen (secondary N) is 1. The number of halogens is 1. The van der Waals surface area contributed by atoms with Crippen molar-refractivity contribution in [2.24, 2.45) is 0 Å². The Morgan fingerprint density at radius 1 is 1.27 bits per heavy atom. The molecule has 0 spiro atoms. The summed E-state index contributed by atoms with van der Waals surface area (Å²) in [6.07, 6.45) is 2.44. The molecular weight excluding hydrogens is 354 g/mol. The van der Waals surface area contributed by atoms with Crippen LogP contribution in [-0.4, -0.2) is 40.7 Å². The standard InChI is InChI=1S/C19H20ClN3O3/c1-26-10-2-9-21-19(25)14-5-8-17-22-18(16(12-24)23(17)11-14)13-3-6-15(20)7-4-13/h3-8,11,24H,2,9-10,12H2,1H3,(H,21,25). The van der Waals surface area contributed by atoms with Gasteiger partial charge in [0.15, 0.2) is 0 Å². The number of hydrogen-bond acceptors (Lipinski definition) is 4. The molecule has 6 nitrogen and oxygen atoms in total. The van der Waals surface area contributed by atoms with E-state index in [0.717, 1.165) is 12.0 Å². The molecule has 2 aromatic heterocycles. The van der Waals surface area contributed by atoms with Crippen molar-refractivity contribution in [1.29, 1.82) is 0 Å². The molecule has 2 N–H and O–H groups in total. The summed E-state index contributed by atoms with van der Waals surface area (Å²) in [6, 6.07) is 10.8. The molecule has 2 heterocycles. The minimum atomic E-state index is -0.196. The second kappa shape index (κ2) is 8.31. The molecule has 0 bridgehead atoms. The van der Waals surface area contributed by atoms with Gasteiger partial charge in [0, 0.05) is 37.0 Å². The van der Waals surface area contributed by atoms with Gasteiger partial charge in [-0.2, -0.15) is 0 Å². The van der Waals surface area contributed by atoms with Crippen molar-refractivity contribution in [2.45, 2.75) is 13.0 Å². The lowest BCUT2D eigenvalue weighted by molar-refractivity contribution is 0.0948. The number of methoxy groups -OCH3 is 1. The van der Waals surface area contributed by atoms with Gasteiger partial charge in [0.1, 0.15) is 5.65 Å². The molecule has 0 saturated carbocycles. The summed E-state index contributed by atoms with van der Waals surface area (Å²) in [7, 11) is 1.63. The Morgan fingerprint density at radius 3 is 2.73 bits per heavy atom. The van der Waals surface area contributed by atoms with E-state index in [1.807, 2.05) is 12.1 Å². The number of carbonyl (C=O) groups excluding carboxylic acids is 1. The zero-order valence-electron chi connectivity index (χ0n) is 14.4. The van der Waals surface area contributed by atoms with Crippen molar-refractivity contribution >= 4 is 23.2 Å². The van der Waals surface area contributed by atoms with E-state index in [-0.39, 0.29) is 12.5 Å². The summed E-state index contributed by atoms with van der Waals surface area (Å²) in [5.41, 5.74) is 3.31. The molecule has 26 heavy (non-hydrogen) atoms. The summed E-state index contributed by atoms with van der Waals surface area (Å²) in [5.74, 6) is -0.173. The summed E-state index contributed by atoms with van der Waals surface area (Å²) >= 11 is 5.94. The monoisotopic (exact) mass is 373 g/mol. The average Bonchev–Trinajstić information content (AvgIpc) is 3.03. The fourth-order valence-electron chi connectivity index (χ4n) is 2.74. The molecule has 0 fully saturated rings. The van der Waals surface area contributed by atoms with Crippen LogP contribution in [0.5, 0.6) is 0 Å². The van der Waals surface area contributed by atoms with Crippen molar-refractivity contribution in [2.75, 3.05) is 20.3 Å². The molecule has 3 aromatic rings. The number of nitrogens with zero attached hydrogens (tertiary/aromatic N) is 2. The lowest BCUT2D eigenvalue weighted by Crippen LogP contribution is -2.25. The highest BCUT2D eigenvalue weighted by molar-refractivity contribution is 6.30. The first kappa shape index (κ1) is 18.4. The number of fused-ring (bicyclic) bond motifs is 1. The fourth-order valence-corrected chi connectivity index (χ4v) is 2.86. The lowest BCUT2D eigenvalue weighted by atomic mass is 10.1. The van der Waals surface area contributed by atoms with Crippen LogP contribution in [0.2, 0.25) is 5.02 Å². The average molecular weight is 374 g/mol. The van der Waals surface area contributed by atoms with Crippen LogP contribution in [0.4, 0.5) is 0 Å². The van der Waals surface area contributed by atoms with Gasteiger partial charge >= 0.3 is 0 Å². The third-order valence-electron chi connectivity index (χ3n) is 4.06. The summed E-state index contributed by atoms with van der Waals surface area (Å²) in [4.78, 5) is 16.9. The van der Waals surface area contributed by atoms with Crippen LogP contribution < -0.4 is 5.32 Å². The van der Waals surface area contributed by atoms with Gasteiger partial charge in [-0.3, -0.25) is 4.79 Å². The predicted molar refractivity (Wildman–Crippen MR) is 100 cm³/mol. The van der Waals surface area contributed by atoms with E-state index in [9.17, 15) is 9.90 Å². The van der Waals surface area contributed by atoms with Crippen LogP contribution >= 0.6 is 11.6 Å². The maximum atomic E-state index is 12.3. The number of rotatable bonds is 7. The van der Waals surface area contributed by atoms with Gasteiger partial charge < -0.3 is 19.6 Å². The van der Waals surface area contributed by atoms with E-state index in [0.29, 0.717) is 40.8 Å². The minimum absolute atomic E-state index is 0.173. The number of aromatic nitrogens is 2. The summed E-state index contributed by atoms with van der Waals surface area (Å²) in [6.45, 7) is 0.940. The van der Waals surface area contributed by atoms with Gasteiger partial charge in [-0.25, -0.2) is 4.98 Å². The Hall–Kier alpha value is -2.41. The second-order valence-electron chi connectivity index (χ2n) is 5.82. The van der Waals surface area contributed by atoms with Crippen LogP contribution in [0.3, 0.4) is 0 Å². The summed E-state index contributed by atoms with van der Waals surface area (Å²) in [5, 5.41) is 13.3. The van der Waals surface area contributed by atoms with Gasteiger partial charge in [-0.15, -0.1) is 0 Å². The third kappa shape index (κ3) is 3.88. The zero-order chi connectivity index (χ0) is 18.5. The van der Waals surface area contributed by atoms with Gasteiger partial charge in [0.2, 0.25) is 0 Å². The van der Waals surface area contributed by atoms with Crippen LogP contribution in [-0.2, 0) is 11.3 Å². The Balaban J connectivity index is 1.91. The van der Waals surface area contributed by atoms with E-state index in [1.165, 1.54) is 0 Å². The molecule has 0 unspecified atom stereocenters. The highest BCUT2D eigenvalue weighted by Crippen LogP contribution is 2.26. The fraction of sp³-hybridized carbons (Fsp3) is 0.263. The topological polar surface area (TPSA) is 75.9 Å². The second-order valence-corrected chi connectivity index (χ2v) is 6.26. The number of imidazole rings is 1. The Bertz CT molecular complexity index is 906. The third-order valence-corrected chi connectivity index (χ3v) is 4.31. The molecule has 1 amide bonds. The zero-order valence-corrected chi connectivity index (χ0v) is 15.2. The van der Waals surface area contributed by atoms with Gasteiger partial charge in [-0.1, -0.05) is 23.7 Å². The molecule has 3 rings (SSSR count). The van der Waals surface area contributed by atoms with E-state index in [4.69, 9.17) is 16.3 Å². The molecule has 0 saturated heterocycles. The van der Waals surface area contributed by atoms with Crippen LogP contribution in [0.15, 0.2) is 42.6 Å². The van der Waals surface area contributed by atoms with Crippen molar-refractivity contribution in [1.82, 2.24) is 14.7 Å². The maximum Gasteiger partial charge on any atom is 0.252 e. The van der Waals surface area contributed by atoms with Crippen molar-refractivity contribution in [3.8, 4) is 11.3 Å². The van der Waals surface area contributed by atoms with E-state index >= 15 is 0 Å². The Labute approximate surface area is 156 Å². The molecule has 0 radical (unpaired) electrons. The van der Waals surface area contributed by atoms with E-state index in [2.05, 4.69) is 10.3 Å². The first-order chi connectivity index (χ1) is 12.6. The largest absolute Gasteiger partial charge is 0.390 e. The molecule has 0 aliphatic rings.